The summed E-state index contributed by atoms with van der Waals surface area (Å²) in [6.07, 6.45) is 6.16. The van der Waals surface area contributed by atoms with Gasteiger partial charge in [0.1, 0.15) is 5.69 Å². The number of fused-ring (bicyclic) bond motifs is 2. The summed E-state index contributed by atoms with van der Waals surface area (Å²) in [4.78, 5) is 37.4. The molecule has 2 fully saturated rings. The molecule has 2 aromatic rings. The summed E-state index contributed by atoms with van der Waals surface area (Å²) in [5.41, 5.74) is 0.906. The number of nitrogens with one attached hydrogen (secondary N) is 1. The zero-order chi connectivity index (χ0) is 22.6. The van der Waals surface area contributed by atoms with Gasteiger partial charge in [0.25, 0.3) is 6.54 Å². The zero-order valence-corrected chi connectivity index (χ0v) is 17.6. The number of ether oxygens (including phenoxy) is 1. The van der Waals surface area contributed by atoms with E-state index in [0.29, 0.717) is 18.6 Å². The van der Waals surface area contributed by atoms with Gasteiger partial charge in [0.2, 0.25) is 11.2 Å². The van der Waals surface area contributed by atoms with Crippen LogP contribution in [0.15, 0.2) is 28.7 Å². The Kier molecular flexibility index (Phi) is 4.96. The van der Waals surface area contributed by atoms with Gasteiger partial charge in [0.15, 0.2) is 11.6 Å². The van der Waals surface area contributed by atoms with Gasteiger partial charge in [-0.25, -0.2) is 4.39 Å². The lowest BCUT2D eigenvalue weighted by molar-refractivity contribution is -0.465. The minimum atomic E-state index is -0.986. The molecule has 9 nitrogen and oxygen atoms in total. The Balaban J connectivity index is 1.71. The van der Waals surface area contributed by atoms with E-state index < -0.39 is 28.5 Å². The smallest absolute Gasteiger partial charge is 0.266 e. The second kappa shape index (κ2) is 7.70. The molecule has 1 aliphatic carbocycles. The molecule has 1 N–H and O–H groups in total. The molecule has 1 atom stereocenters. The predicted octanol–water partition coefficient (Wildman–Crippen LogP) is 2.05. The van der Waals surface area contributed by atoms with Gasteiger partial charge in [-0.05, 0) is 37.4 Å². The molecule has 3 heterocycles. The van der Waals surface area contributed by atoms with Crippen LogP contribution in [-0.2, 0) is 0 Å². The van der Waals surface area contributed by atoms with E-state index in [-0.39, 0.29) is 34.5 Å². The molecule has 10 heteroatoms. The van der Waals surface area contributed by atoms with Crippen LogP contribution >= 0.6 is 0 Å². The Bertz CT molecular complexity index is 1230. The average molecular weight is 442 g/mol. The first-order valence-electron chi connectivity index (χ1n) is 10.7. The number of methoxy groups -OCH3 is 1. The van der Waals surface area contributed by atoms with Crippen molar-refractivity contribution in [2.24, 2.45) is 0 Å². The second-order valence-corrected chi connectivity index (χ2v) is 8.52. The molecule has 168 valence electrons. The van der Waals surface area contributed by atoms with E-state index in [2.05, 4.69) is 11.4 Å². The van der Waals surface area contributed by atoms with Crippen molar-refractivity contribution in [1.82, 2.24) is 9.88 Å². The highest BCUT2D eigenvalue weighted by molar-refractivity contribution is 6.01. The fraction of sp³-hybridized carbons (Fsp3) is 0.455. The van der Waals surface area contributed by atoms with E-state index >= 15 is 4.39 Å². The summed E-state index contributed by atoms with van der Waals surface area (Å²) < 4.78 is 22.9. The maximum atomic E-state index is 15.5. The second-order valence-electron chi connectivity index (χ2n) is 8.52. The molecule has 1 saturated heterocycles. The first kappa shape index (κ1) is 20.6. The van der Waals surface area contributed by atoms with Crippen LogP contribution in [-0.4, -0.2) is 54.6 Å². The largest absolute Gasteiger partial charge is 0.492 e. The quantitative estimate of drug-likeness (QED) is 0.316. The Morgan fingerprint density at radius 2 is 2.19 bits per heavy atom. The van der Waals surface area contributed by atoms with Crippen LogP contribution in [0.1, 0.15) is 35.7 Å². The number of carbonyl (C=O) groups is 1. The van der Waals surface area contributed by atoms with Crippen molar-refractivity contribution in [1.29, 1.82) is 0 Å². The molecular formula is C22H23FN4O5. The number of benzene rings is 1. The Hall–Kier alpha value is -3.27. The molecule has 0 amide bonds. The summed E-state index contributed by atoms with van der Waals surface area (Å²) in [5, 5.41) is 14.3. The van der Waals surface area contributed by atoms with Gasteiger partial charge in [-0.3, -0.25) is 19.7 Å². The molecule has 0 spiro atoms. The number of nitrogens with zero attached hydrogens (tertiary/aromatic N) is 3. The number of halogens is 1. The molecule has 3 aliphatic rings. The van der Waals surface area contributed by atoms with Crippen LogP contribution in [0.25, 0.3) is 10.9 Å². The Morgan fingerprint density at radius 1 is 1.41 bits per heavy atom. The molecular weight excluding hydrogens is 419 g/mol. The fourth-order valence-corrected chi connectivity index (χ4v) is 4.79. The number of hydrogen-bond acceptors (Lipinski definition) is 7. The number of ketones is 1. The SMILES string of the molecule is COc1c(N2CC3=CCCNC3C2)c(F)cc2c(=O)c(C(=O)C[N+](=O)[O-])cn(C3CC3)c12. The van der Waals surface area contributed by atoms with Gasteiger partial charge >= 0.3 is 0 Å². The van der Waals surface area contributed by atoms with Gasteiger partial charge in [-0.15, -0.1) is 0 Å². The van der Waals surface area contributed by atoms with Crippen LogP contribution < -0.4 is 20.4 Å². The third-order valence-electron chi connectivity index (χ3n) is 6.40. The topological polar surface area (TPSA) is 107 Å². The highest BCUT2D eigenvalue weighted by Gasteiger charge is 2.35. The van der Waals surface area contributed by atoms with Gasteiger partial charge in [-0.2, -0.15) is 0 Å². The molecule has 2 aliphatic heterocycles. The maximum absolute atomic E-state index is 15.5. The number of anilines is 1. The lowest BCUT2D eigenvalue weighted by Crippen LogP contribution is -2.36. The standard InChI is InChI=1S/C22H23FN4O5/c1-32-22-19-14(7-16(23)20(22)25-8-12-3-2-6-24-17(12)10-25)21(29)15(18(28)11-27(30)31)9-26(19)13-4-5-13/h3,7,9,13,17,24H,2,4-6,8,10-11H2,1H3. The summed E-state index contributed by atoms with van der Waals surface area (Å²) in [7, 11) is 1.44. The van der Waals surface area contributed by atoms with Crippen LogP contribution in [0.5, 0.6) is 5.75 Å². The van der Waals surface area contributed by atoms with E-state index in [0.717, 1.165) is 31.9 Å². The summed E-state index contributed by atoms with van der Waals surface area (Å²) >= 11 is 0. The molecule has 0 radical (unpaired) electrons. The lowest BCUT2D eigenvalue weighted by atomic mass is 10.1. The van der Waals surface area contributed by atoms with E-state index in [1.165, 1.54) is 18.9 Å². The third-order valence-corrected chi connectivity index (χ3v) is 6.40. The first-order chi connectivity index (χ1) is 15.4. The van der Waals surface area contributed by atoms with Crippen molar-refractivity contribution in [3.05, 3.63) is 55.6 Å². The van der Waals surface area contributed by atoms with E-state index in [1.54, 1.807) is 4.57 Å². The third kappa shape index (κ3) is 3.35. The average Bonchev–Trinajstić information content (AvgIpc) is 3.51. The minimum Gasteiger partial charge on any atom is -0.492 e. The monoisotopic (exact) mass is 442 g/mol. The molecule has 1 aromatic carbocycles. The summed E-state index contributed by atoms with van der Waals surface area (Å²) in [6, 6.07) is 1.32. The molecule has 32 heavy (non-hydrogen) atoms. The maximum Gasteiger partial charge on any atom is 0.266 e. The van der Waals surface area contributed by atoms with Crippen molar-refractivity contribution in [3.8, 4) is 5.75 Å². The van der Waals surface area contributed by atoms with Gasteiger partial charge in [0, 0.05) is 36.3 Å². The number of Topliss-reactive ketones (excluding diaryl/α,β-unsaturated/α-hetero) is 1. The van der Waals surface area contributed by atoms with Gasteiger partial charge in [-0.1, -0.05) is 6.08 Å². The predicted molar refractivity (Wildman–Crippen MR) is 116 cm³/mol. The molecule has 0 bridgehead atoms. The summed E-state index contributed by atoms with van der Waals surface area (Å²) in [6.45, 7) is 1.03. The Morgan fingerprint density at radius 3 is 2.84 bits per heavy atom. The fourth-order valence-electron chi connectivity index (χ4n) is 4.79. The first-order valence-corrected chi connectivity index (χ1v) is 10.7. The van der Waals surface area contributed by atoms with E-state index in [4.69, 9.17) is 4.74 Å². The molecule has 1 unspecified atom stereocenters. The van der Waals surface area contributed by atoms with Gasteiger partial charge in [0.05, 0.1) is 23.6 Å². The number of pyridine rings is 1. The zero-order valence-electron chi connectivity index (χ0n) is 17.6. The highest BCUT2D eigenvalue weighted by Crippen LogP contribution is 2.44. The highest BCUT2D eigenvalue weighted by atomic mass is 19.1. The molecule has 1 aromatic heterocycles. The Labute approximate surface area is 182 Å². The number of nitro groups is 1. The minimum absolute atomic E-state index is 0.00171. The van der Waals surface area contributed by atoms with Crippen LogP contribution in [0.4, 0.5) is 10.1 Å². The van der Waals surface area contributed by atoms with Crippen molar-refractivity contribution in [2.75, 3.05) is 38.2 Å². The molecule has 1 saturated carbocycles. The number of carbonyl (C=O) groups excluding carboxylic acids is 1. The number of aromatic nitrogens is 1. The van der Waals surface area contributed by atoms with Crippen molar-refractivity contribution < 1.29 is 18.8 Å². The van der Waals surface area contributed by atoms with E-state index in [1.807, 2.05) is 4.90 Å². The van der Waals surface area contributed by atoms with Crippen molar-refractivity contribution >= 4 is 22.4 Å². The van der Waals surface area contributed by atoms with Crippen molar-refractivity contribution in [3.63, 3.8) is 0 Å². The number of rotatable bonds is 6. The lowest BCUT2D eigenvalue weighted by Gasteiger charge is -2.24. The normalized spacial score (nSPS) is 20.2. The number of hydrogen-bond donors (Lipinski definition) is 1. The molecule has 5 rings (SSSR count). The van der Waals surface area contributed by atoms with Gasteiger partial charge < -0.3 is 19.5 Å². The van der Waals surface area contributed by atoms with E-state index in [9.17, 15) is 19.7 Å². The van der Waals surface area contributed by atoms with Crippen LogP contribution in [0.3, 0.4) is 0 Å². The van der Waals surface area contributed by atoms with Crippen LogP contribution in [0, 0.1) is 15.9 Å². The summed E-state index contributed by atoms with van der Waals surface area (Å²) in [5.74, 6) is -1.26. The van der Waals surface area contributed by atoms with Crippen molar-refractivity contribution in [2.45, 2.75) is 31.3 Å². The van der Waals surface area contributed by atoms with Crippen LogP contribution in [0.2, 0.25) is 0 Å².